The van der Waals surface area contributed by atoms with Gasteiger partial charge >= 0.3 is 50.7 Å². The number of rotatable bonds is 27. The summed E-state index contributed by atoms with van der Waals surface area (Å²) in [4.78, 5) is 70.7. The van der Waals surface area contributed by atoms with Gasteiger partial charge in [-0.15, -0.1) is 11.5 Å². The predicted molar refractivity (Wildman–Crippen MR) is 310 cm³/mol. The molecule has 82 heavy (non-hydrogen) atoms. The first-order valence-corrected chi connectivity index (χ1v) is 28.3. The van der Waals surface area contributed by atoms with Crippen molar-refractivity contribution in [1.82, 2.24) is 0 Å². The van der Waals surface area contributed by atoms with Crippen LogP contribution < -0.4 is 31.3 Å². The minimum atomic E-state index is -1.39. The molecule has 4 aromatic carbocycles. The summed E-state index contributed by atoms with van der Waals surface area (Å²) < 4.78 is 11.5. The second-order valence-corrected chi connectivity index (χ2v) is 20.4. The van der Waals surface area contributed by atoms with Crippen LogP contribution in [0, 0.1) is 0 Å². The van der Waals surface area contributed by atoms with E-state index in [1.54, 1.807) is 48.5 Å². The minimum Gasteiger partial charge on any atom is -0.872 e. The largest absolute Gasteiger partial charge is 1.00 e. The Morgan fingerprint density at radius 3 is 1.28 bits per heavy atom. The van der Waals surface area contributed by atoms with E-state index in [4.69, 9.17) is 39.2 Å². The Balaban J connectivity index is 0.000000352. The maximum atomic E-state index is 13.1. The molecule has 2 aliphatic heterocycles. The summed E-state index contributed by atoms with van der Waals surface area (Å²) in [7, 11) is 0. The van der Waals surface area contributed by atoms with Gasteiger partial charge in [0, 0.05) is 74.7 Å². The fraction of sp³-hybridized carbons (Fsp3) is 0.344. The number of unbranched alkanes of at least 4 members (excludes halogenated alkanes) is 16. The Morgan fingerprint density at radius 2 is 0.841 bits per heavy atom. The van der Waals surface area contributed by atoms with Crippen LogP contribution in [0.1, 0.15) is 159 Å². The van der Waals surface area contributed by atoms with E-state index in [1.807, 2.05) is 0 Å². The molecule has 0 radical (unpaired) electrons. The molecule has 0 spiro atoms. The summed E-state index contributed by atoms with van der Waals surface area (Å²) in [5, 5.41) is 56.9. The number of hydrogen-bond acceptors (Lipinski definition) is 14. The van der Waals surface area contributed by atoms with Crippen LogP contribution in [0.2, 0.25) is 0 Å². The van der Waals surface area contributed by atoms with Gasteiger partial charge in [0.1, 0.15) is 22.7 Å². The molecule has 0 saturated heterocycles. The topological polar surface area (TPSA) is 274 Å². The molecule has 0 saturated carbocycles. The molecule has 444 valence electrons. The van der Waals surface area contributed by atoms with E-state index in [0.717, 1.165) is 56.5 Å². The number of ketones is 1. The molecule has 2 aliphatic carbocycles. The zero-order valence-corrected chi connectivity index (χ0v) is 51.3. The van der Waals surface area contributed by atoms with E-state index >= 15 is 0 Å². The molecule has 18 heteroatoms. The van der Waals surface area contributed by atoms with E-state index in [1.165, 1.54) is 137 Å². The van der Waals surface area contributed by atoms with Crippen LogP contribution in [0.4, 0.5) is 0 Å². The van der Waals surface area contributed by atoms with Gasteiger partial charge in [-0.05, 0) is 66.4 Å². The van der Waals surface area contributed by atoms with Crippen molar-refractivity contribution in [1.29, 1.82) is 0 Å². The molecule has 8 rings (SSSR count). The zero-order chi connectivity index (χ0) is 56.7. The number of carboxylic acid groups (broad SMARTS) is 3. The molecular weight excluding hydrogens is 1450 g/mol. The Kier molecular flexibility index (Phi) is 31.4. The first-order chi connectivity index (χ1) is 38.2. The van der Waals surface area contributed by atoms with Gasteiger partial charge in [0.15, 0.2) is 16.6 Å². The average Bonchev–Trinajstić information content (AvgIpc) is 2.98. The second kappa shape index (κ2) is 36.6. The third kappa shape index (κ3) is 20.8. The van der Waals surface area contributed by atoms with Gasteiger partial charge in [0.2, 0.25) is 0 Å². The number of carbonyl (C=O) groups excluding carboxylic acids is 3. The second-order valence-electron chi connectivity index (χ2n) is 19.6. The summed E-state index contributed by atoms with van der Waals surface area (Å²) in [5.41, 5.74) is 3.15. The molecule has 4 aromatic rings. The van der Waals surface area contributed by atoms with Gasteiger partial charge in [-0.25, -0.2) is 0 Å². The van der Waals surface area contributed by atoms with E-state index in [2.05, 4.69) is 0 Å². The average molecular weight is 1520 g/mol. The van der Waals surface area contributed by atoms with Gasteiger partial charge in [0.05, 0.1) is 11.9 Å². The Labute approximate surface area is 519 Å². The summed E-state index contributed by atoms with van der Waals surface area (Å²) in [6.45, 7) is 0. The smallest absolute Gasteiger partial charge is 0.872 e. The van der Waals surface area contributed by atoms with Gasteiger partial charge < -0.3 is 74.7 Å². The summed E-state index contributed by atoms with van der Waals surface area (Å²) in [5.74, 6) is -1.72. The number of hydrogen-bond donors (Lipinski definition) is 1. The zero-order valence-electron chi connectivity index (χ0n) is 45.4. The molecule has 2 heterocycles. The molecular formula is C64H67Au2O14S2-3. The third-order valence-electron chi connectivity index (χ3n) is 13.7. The fourth-order valence-corrected chi connectivity index (χ4v) is 10.1. The predicted octanol–water partition coefficient (Wildman–Crippen LogP) is 10.2. The van der Waals surface area contributed by atoms with Crippen LogP contribution in [0.15, 0.2) is 134 Å². The van der Waals surface area contributed by atoms with Crippen molar-refractivity contribution in [3.8, 4) is 56.4 Å². The number of carbonyl (C=O) groups is 4. The Hall–Kier alpha value is -5.92. The van der Waals surface area contributed by atoms with Crippen molar-refractivity contribution in [3.63, 3.8) is 0 Å². The summed E-state index contributed by atoms with van der Waals surface area (Å²) >= 11 is 9.85. The van der Waals surface area contributed by atoms with E-state index in [0.29, 0.717) is 57.0 Å². The molecule has 4 aliphatic rings. The number of fused-ring (bicyclic) bond motifs is 4. The van der Waals surface area contributed by atoms with Crippen molar-refractivity contribution in [3.05, 3.63) is 152 Å². The van der Waals surface area contributed by atoms with Crippen LogP contribution >= 0.6 is 0 Å². The van der Waals surface area contributed by atoms with Gasteiger partial charge in [-0.3, -0.25) is 19.2 Å². The first-order valence-electron chi connectivity index (χ1n) is 27.1. The molecule has 0 amide bonds. The van der Waals surface area contributed by atoms with Crippen LogP contribution in [-0.4, -0.2) is 40.3 Å². The van der Waals surface area contributed by atoms with Crippen molar-refractivity contribution in [2.24, 2.45) is 0 Å². The summed E-state index contributed by atoms with van der Waals surface area (Å²) in [6.07, 6.45) is 21.4. The standard InChI is InChI=1S/C32H34O6S.C20H12O5.C12H24O2S.2Au.H2O/c33-22-12-15-25-29(19-22)38-30-20-23(34)13-16-26(30)31(25)27-18-21(11-14-24(27)32(36)37)28(35)10-8-6-4-2-1-3-5-7-9-17-39;21-11-5-7-15-17(9-11)25-18-10-12(22)6-8-16(18)19(15)13-3-1-2-4-14(13)20(23)24;13-12(14)10-8-6-4-2-1-3-5-7-9-11-15;;;/h11-16,18-20,33,39H,1-10,17H2,(H,36,37);1-10,21H,(H,23,24);15H,1-11H2,(H,13,14);;;1H2/q;;;2*+1;/p-5. The van der Waals surface area contributed by atoms with E-state index < -0.39 is 17.9 Å². The molecule has 0 bridgehead atoms. The number of aliphatic carboxylic acids is 1. The SMILES string of the molecule is O=C(CCCCCCCCCCC[S-])c1ccc(C(=O)[O-])c(-c2c3ccc(=O)cc-3oc3cc([O-])ccc23)c1.O=C(O)CCCCCCCCCCC[S-].O=C([O-])c1ccccc1-c1c2ccc(=O)cc-2oc2cc([O-])ccc12.[Au+].[Au+].[OH3+]. The number of carboxylic acids is 3. The number of benzene rings is 6. The Bertz CT molecular complexity index is 3390. The van der Waals surface area contributed by atoms with Crippen LogP contribution in [-0.2, 0) is 80.3 Å². The summed E-state index contributed by atoms with van der Waals surface area (Å²) in [6, 6.07) is 27.9. The van der Waals surface area contributed by atoms with Crippen molar-refractivity contribution in [2.75, 3.05) is 11.5 Å². The van der Waals surface area contributed by atoms with Crippen LogP contribution in [0.25, 0.3) is 66.8 Å². The molecule has 0 atom stereocenters. The molecule has 0 unspecified atom stereocenters. The van der Waals surface area contributed by atoms with E-state index in [-0.39, 0.29) is 118 Å². The van der Waals surface area contributed by atoms with Gasteiger partial charge in [0.25, 0.3) is 0 Å². The molecule has 0 fully saturated rings. The van der Waals surface area contributed by atoms with Gasteiger partial charge in [-0.2, -0.15) is 11.5 Å². The maximum Gasteiger partial charge on any atom is 1.00 e. The minimum absolute atomic E-state index is 0. The first kappa shape index (κ1) is 70.3. The molecule has 4 N–H and O–H groups in total. The van der Waals surface area contributed by atoms with Crippen LogP contribution in [0.5, 0.6) is 11.5 Å². The van der Waals surface area contributed by atoms with Crippen LogP contribution in [0.3, 0.4) is 0 Å². The van der Waals surface area contributed by atoms with Gasteiger partial charge in [-0.1, -0.05) is 163 Å². The van der Waals surface area contributed by atoms with Crippen molar-refractivity contribution < 1.29 is 104 Å². The maximum absolute atomic E-state index is 13.1. The molecule has 0 aromatic heterocycles. The monoisotopic (exact) mass is 1520 g/mol. The number of Topliss-reactive ketones (excluding diaryl/α,β-unsaturated/α-hetero) is 1. The Morgan fingerprint density at radius 1 is 0.439 bits per heavy atom. The molecule has 14 nitrogen and oxygen atoms in total. The van der Waals surface area contributed by atoms with Crippen molar-refractivity contribution in [2.45, 2.75) is 128 Å². The third-order valence-corrected chi connectivity index (χ3v) is 14.2. The van der Waals surface area contributed by atoms with E-state index in [9.17, 15) is 49.2 Å². The number of aromatic carboxylic acids is 2. The quantitative estimate of drug-likeness (QED) is 0.0125. The fourth-order valence-electron chi connectivity index (χ4n) is 9.65. The van der Waals surface area contributed by atoms with Crippen molar-refractivity contribution >= 4 is 70.9 Å². The normalized spacial score (nSPS) is 10.7.